The normalized spacial score (nSPS) is 12.2. The fourth-order valence-electron chi connectivity index (χ4n) is 1.78. The number of halogens is 1. The molecule has 1 heterocycles. The van der Waals surface area contributed by atoms with Crippen molar-refractivity contribution >= 4 is 5.82 Å². The Balaban J connectivity index is 2.15. The Kier molecular flexibility index (Phi) is 3.50. The van der Waals surface area contributed by atoms with E-state index >= 15 is 0 Å². The lowest BCUT2D eigenvalue weighted by Crippen LogP contribution is -2.09. The Morgan fingerprint density at radius 1 is 1.39 bits per heavy atom. The average Bonchev–Trinajstić information content (AvgIpc) is 2.74. The molecular formula is C13H16FN3O. The summed E-state index contributed by atoms with van der Waals surface area (Å²) in [5.41, 5.74) is 0.585. The summed E-state index contributed by atoms with van der Waals surface area (Å²) in [6, 6.07) is 6.53. The summed E-state index contributed by atoms with van der Waals surface area (Å²) in [5.74, 6) is 0.951. The van der Waals surface area contributed by atoms with Crippen LogP contribution in [0.1, 0.15) is 18.5 Å². The molecular weight excluding hydrogens is 233 g/mol. The van der Waals surface area contributed by atoms with Gasteiger partial charge in [-0.3, -0.25) is 4.68 Å². The lowest BCUT2D eigenvalue weighted by molar-refractivity contribution is 0.410. The van der Waals surface area contributed by atoms with Gasteiger partial charge in [-0.05, 0) is 13.0 Å². The van der Waals surface area contributed by atoms with Crippen LogP contribution >= 0.6 is 0 Å². The maximum Gasteiger partial charge on any atom is 0.148 e. The van der Waals surface area contributed by atoms with Crippen LogP contribution in [0.4, 0.5) is 10.2 Å². The third-order valence-electron chi connectivity index (χ3n) is 2.75. The molecule has 0 radical (unpaired) electrons. The van der Waals surface area contributed by atoms with Gasteiger partial charge in [-0.2, -0.15) is 5.10 Å². The van der Waals surface area contributed by atoms with Crippen LogP contribution in [0.15, 0.2) is 30.5 Å². The molecule has 1 aromatic carbocycles. The standard InChI is InChI=1S/C13H16FN3O/c1-9(15-13-6-7-17(2)16-13)11-5-4-10(18-3)8-12(11)14/h4-9H,1-3H3,(H,15,16). The van der Waals surface area contributed by atoms with Gasteiger partial charge in [0.05, 0.1) is 13.2 Å². The minimum absolute atomic E-state index is 0.161. The average molecular weight is 249 g/mol. The van der Waals surface area contributed by atoms with Crippen LogP contribution in [-0.4, -0.2) is 16.9 Å². The van der Waals surface area contributed by atoms with Crippen LogP contribution in [0.3, 0.4) is 0 Å². The second-order valence-corrected chi connectivity index (χ2v) is 4.13. The molecule has 0 amide bonds. The van der Waals surface area contributed by atoms with Crippen molar-refractivity contribution in [3.05, 3.63) is 41.8 Å². The second-order valence-electron chi connectivity index (χ2n) is 4.13. The summed E-state index contributed by atoms with van der Waals surface area (Å²) in [5, 5.41) is 7.34. The molecule has 0 saturated carbocycles. The zero-order valence-electron chi connectivity index (χ0n) is 10.6. The van der Waals surface area contributed by atoms with Gasteiger partial charge in [-0.15, -0.1) is 0 Å². The molecule has 1 N–H and O–H groups in total. The number of benzene rings is 1. The summed E-state index contributed by atoms with van der Waals surface area (Å²) < 4.78 is 20.5. The number of nitrogens with zero attached hydrogens (tertiary/aromatic N) is 2. The highest BCUT2D eigenvalue weighted by Crippen LogP contribution is 2.24. The number of aryl methyl sites for hydroxylation is 1. The molecule has 0 aliphatic heterocycles. The summed E-state index contributed by atoms with van der Waals surface area (Å²) in [4.78, 5) is 0. The molecule has 4 nitrogen and oxygen atoms in total. The molecule has 1 unspecified atom stereocenters. The SMILES string of the molecule is COc1ccc(C(C)Nc2ccn(C)n2)c(F)c1. The lowest BCUT2D eigenvalue weighted by Gasteiger charge is -2.15. The fourth-order valence-corrected chi connectivity index (χ4v) is 1.78. The molecule has 96 valence electrons. The first-order valence-electron chi connectivity index (χ1n) is 5.70. The fraction of sp³-hybridized carbons (Fsp3) is 0.308. The first-order valence-corrected chi connectivity index (χ1v) is 5.70. The van der Waals surface area contributed by atoms with E-state index in [2.05, 4.69) is 10.4 Å². The van der Waals surface area contributed by atoms with Crippen molar-refractivity contribution in [2.24, 2.45) is 7.05 Å². The van der Waals surface area contributed by atoms with Crippen LogP contribution < -0.4 is 10.1 Å². The van der Waals surface area contributed by atoms with Crippen LogP contribution in [-0.2, 0) is 7.05 Å². The number of hydrogen-bond acceptors (Lipinski definition) is 3. The Bertz CT molecular complexity index is 539. The van der Waals surface area contributed by atoms with Crippen molar-refractivity contribution in [2.75, 3.05) is 12.4 Å². The highest BCUT2D eigenvalue weighted by atomic mass is 19.1. The maximum absolute atomic E-state index is 13.8. The summed E-state index contributed by atoms with van der Waals surface area (Å²) in [6.45, 7) is 1.89. The van der Waals surface area contributed by atoms with Crippen molar-refractivity contribution in [3.8, 4) is 5.75 Å². The molecule has 0 fully saturated rings. The van der Waals surface area contributed by atoms with Gasteiger partial charge in [0.1, 0.15) is 17.4 Å². The van der Waals surface area contributed by atoms with E-state index in [-0.39, 0.29) is 11.9 Å². The predicted octanol–water partition coefficient (Wildman–Crippen LogP) is 2.74. The molecule has 0 aliphatic rings. The van der Waals surface area contributed by atoms with Gasteiger partial charge in [0.2, 0.25) is 0 Å². The van der Waals surface area contributed by atoms with E-state index in [9.17, 15) is 4.39 Å². The summed E-state index contributed by atoms with van der Waals surface area (Å²) >= 11 is 0. The largest absolute Gasteiger partial charge is 0.497 e. The second kappa shape index (κ2) is 5.08. The molecule has 0 spiro atoms. The Morgan fingerprint density at radius 3 is 2.72 bits per heavy atom. The lowest BCUT2D eigenvalue weighted by atomic mass is 10.1. The van der Waals surface area contributed by atoms with Gasteiger partial charge < -0.3 is 10.1 Å². The van der Waals surface area contributed by atoms with Gasteiger partial charge in [0.15, 0.2) is 0 Å². The van der Waals surface area contributed by atoms with E-state index in [1.54, 1.807) is 16.8 Å². The molecule has 18 heavy (non-hydrogen) atoms. The van der Waals surface area contributed by atoms with Crippen LogP contribution in [0.25, 0.3) is 0 Å². The zero-order valence-corrected chi connectivity index (χ0v) is 10.6. The third kappa shape index (κ3) is 2.61. The van der Waals surface area contributed by atoms with Crippen LogP contribution in [0.5, 0.6) is 5.75 Å². The Hall–Kier alpha value is -2.04. The predicted molar refractivity (Wildman–Crippen MR) is 68.2 cm³/mol. The monoisotopic (exact) mass is 249 g/mol. The minimum atomic E-state index is -0.287. The number of nitrogens with one attached hydrogen (secondary N) is 1. The highest BCUT2D eigenvalue weighted by Gasteiger charge is 2.12. The van der Waals surface area contributed by atoms with E-state index < -0.39 is 0 Å². The molecule has 0 aliphatic carbocycles. The smallest absolute Gasteiger partial charge is 0.148 e. The van der Waals surface area contributed by atoms with Crippen LogP contribution in [0.2, 0.25) is 0 Å². The quantitative estimate of drug-likeness (QED) is 0.905. The molecule has 2 rings (SSSR count). The van der Waals surface area contributed by atoms with Crippen molar-refractivity contribution in [3.63, 3.8) is 0 Å². The molecule has 0 bridgehead atoms. The number of hydrogen-bond donors (Lipinski definition) is 1. The first-order chi connectivity index (χ1) is 8.60. The van der Waals surface area contributed by atoms with Crippen molar-refractivity contribution in [1.82, 2.24) is 9.78 Å². The van der Waals surface area contributed by atoms with Gasteiger partial charge >= 0.3 is 0 Å². The van der Waals surface area contributed by atoms with Crippen molar-refractivity contribution < 1.29 is 9.13 Å². The van der Waals surface area contributed by atoms with Crippen LogP contribution in [0, 0.1) is 5.82 Å². The van der Waals surface area contributed by atoms with Crippen molar-refractivity contribution in [2.45, 2.75) is 13.0 Å². The number of anilines is 1. The molecule has 1 atom stereocenters. The number of aromatic nitrogens is 2. The molecule has 5 heteroatoms. The first kappa shape index (κ1) is 12.4. The zero-order chi connectivity index (χ0) is 13.1. The summed E-state index contributed by atoms with van der Waals surface area (Å²) in [7, 11) is 3.35. The molecule has 1 aromatic heterocycles. The third-order valence-corrected chi connectivity index (χ3v) is 2.75. The Morgan fingerprint density at radius 2 is 2.17 bits per heavy atom. The van der Waals surface area contributed by atoms with Gasteiger partial charge in [-0.1, -0.05) is 6.07 Å². The molecule has 0 saturated heterocycles. The number of rotatable bonds is 4. The Labute approximate surface area is 105 Å². The van der Waals surface area contributed by atoms with E-state index in [0.717, 1.165) is 5.82 Å². The number of ether oxygens (including phenoxy) is 1. The highest BCUT2D eigenvalue weighted by molar-refractivity contribution is 5.39. The number of methoxy groups -OCH3 is 1. The maximum atomic E-state index is 13.8. The van der Waals surface area contributed by atoms with E-state index in [1.807, 2.05) is 26.2 Å². The molecule has 2 aromatic rings. The van der Waals surface area contributed by atoms with E-state index in [1.165, 1.54) is 13.2 Å². The topological polar surface area (TPSA) is 39.1 Å². The van der Waals surface area contributed by atoms with Gasteiger partial charge in [0, 0.05) is 30.9 Å². The van der Waals surface area contributed by atoms with Gasteiger partial charge in [-0.25, -0.2) is 4.39 Å². The van der Waals surface area contributed by atoms with E-state index in [4.69, 9.17) is 4.74 Å². The van der Waals surface area contributed by atoms with Gasteiger partial charge in [0.25, 0.3) is 0 Å². The minimum Gasteiger partial charge on any atom is -0.497 e. The van der Waals surface area contributed by atoms with Crippen molar-refractivity contribution in [1.29, 1.82) is 0 Å². The summed E-state index contributed by atoms with van der Waals surface area (Å²) in [6.07, 6.45) is 1.83. The van der Waals surface area contributed by atoms with E-state index in [0.29, 0.717) is 11.3 Å².